The average Bonchev–Trinajstić information content (AvgIpc) is 3.05. The summed E-state index contributed by atoms with van der Waals surface area (Å²) in [6.07, 6.45) is 0.533. The highest BCUT2D eigenvalue weighted by Crippen LogP contribution is 2.16. The lowest BCUT2D eigenvalue weighted by Gasteiger charge is -2.04. The first-order valence-electron chi connectivity index (χ1n) is 6.77. The Morgan fingerprint density at radius 2 is 1.86 bits per heavy atom. The molecule has 2 rings (SSSR count). The number of rotatable bonds is 8. The Bertz CT molecular complexity index is 567. The predicted octanol–water partition coefficient (Wildman–Crippen LogP) is 3.62. The first-order chi connectivity index (χ1) is 10.3. The van der Waals surface area contributed by atoms with Gasteiger partial charge in [-0.05, 0) is 23.6 Å². The molecule has 1 aromatic carbocycles. The summed E-state index contributed by atoms with van der Waals surface area (Å²) in [4.78, 5) is 25.3. The van der Waals surface area contributed by atoms with Gasteiger partial charge in [0.15, 0.2) is 5.78 Å². The van der Waals surface area contributed by atoms with Gasteiger partial charge in [-0.25, -0.2) is 0 Å². The van der Waals surface area contributed by atoms with Gasteiger partial charge in [0, 0.05) is 30.0 Å². The number of thioether (sulfide) groups is 1. The number of hydrogen-bond donors (Lipinski definition) is 1. The van der Waals surface area contributed by atoms with Crippen molar-refractivity contribution in [2.45, 2.75) is 17.7 Å². The van der Waals surface area contributed by atoms with Gasteiger partial charge in [0.25, 0.3) is 0 Å². The molecule has 0 atom stereocenters. The van der Waals surface area contributed by atoms with Gasteiger partial charge < -0.3 is 5.32 Å². The van der Waals surface area contributed by atoms with Crippen molar-refractivity contribution in [3.63, 3.8) is 0 Å². The molecular formula is C16H17NO2S2. The van der Waals surface area contributed by atoms with E-state index in [9.17, 15) is 9.59 Å². The quantitative estimate of drug-likeness (QED) is 0.459. The third-order valence-corrected chi connectivity index (χ3v) is 4.74. The third-order valence-electron chi connectivity index (χ3n) is 2.81. The van der Waals surface area contributed by atoms with Crippen molar-refractivity contribution in [1.82, 2.24) is 5.32 Å². The maximum absolute atomic E-state index is 11.8. The van der Waals surface area contributed by atoms with Gasteiger partial charge >= 0.3 is 0 Å². The average molecular weight is 319 g/mol. The molecule has 0 radical (unpaired) electrons. The maximum atomic E-state index is 11.8. The van der Waals surface area contributed by atoms with E-state index in [0.717, 1.165) is 10.6 Å². The van der Waals surface area contributed by atoms with Crippen LogP contribution in [0.3, 0.4) is 0 Å². The Kier molecular flexibility index (Phi) is 6.50. The van der Waals surface area contributed by atoms with Crippen LogP contribution in [0.5, 0.6) is 0 Å². The van der Waals surface area contributed by atoms with Crippen LogP contribution in [0.1, 0.15) is 22.5 Å². The zero-order valence-electron chi connectivity index (χ0n) is 11.6. The number of ketones is 1. The molecule has 5 heteroatoms. The fourth-order valence-electron chi connectivity index (χ4n) is 1.75. The van der Waals surface area contributed by atoms with Crippen molar-refractivity contribution in [3.8, 4) is 0 Å². The first kappa shape index (κ1) is 15.8. The normalized spacial score (nSPS) is 10.3. The Balaban J connectivity index is 1.59. The van der Waals surface area contributed by atoms with Gasteiger partial charge in [0.2, 0.25) is 5.91 Å². The number of carbonyl (C=O) groups excluding carboxylic acids is 2. The summed E-state index contributed by atoms with van der Waals surface area (Å²) in [6.45, 7) is 0.617. The van der Waals surface area contributed by atoms with E-state index in [4.69, 9.17) is 0 Å². The van der Waals surface area contributed by atoms with Crippen molar-refractivity contribution >= 4 is 34.8 Å². The number of carbonyl (C=O) groups is 2. The van der Waals surface area contributed by atoms with Crippen LogP contribution in [-0.2, 0) is 4.79 Å². The van der Waals surface area contributed by atoms with Gasteiger partial charge in [0.05, 0.1) is 4.88 Å². The molecular weight excluding hydrogens is 302 g/mol. The topological polar surface area (TPSA) is 46.2 Å². The zero-order chi connectivity index (χ0) is 14.9. The second kappa shape index (κ2) is 8.64. The largest absolute Gasteiger partial charge is 0.355 e. The Labute approximate surface area is 132 Å². The highest BCUT2D eigenvalue weighted by molar-refractivity contribution is 7.99. The highest BCUT2D eigenvalue weighted by Gasteiger charge is 2.09. The lowest BCUT2D eigenvalue weighted by molar-refractivity contribution is -0.120. The maximum Gasteiger partial charge on any atom is 0.220 e. The second-order valence-electron chi connectivity index (χ2n) is 4.41. The first-order valence-corrected chi connectivity index (χ1v) is 8.63. The van der Waals surface area contributed by atoms with Crippen LogP contribution in [0.15, 0.2) is 52.7 Å². The van der Waals surface area contributed by atoms with E-state index in [0.29, 0.717) is 6.54 Å². The van der Waals surface area contributed by atoms with Gasteiger partial charge in [-0.3, -0.25) is 9.59 Å². The Hall–Kier alpha value is -1.59. The molecule has 0 saturated heterocycles. The van der Waals surface area contributed by atoms with E-state index in [-0.39, 0.29) is 24.5 Å². The number of nitrogens with one attached hydrogen (secondary N) is 1. The number of benzene rings is 1. The van der Waals surface area contributed by atoms with Crippen LogP contribution in [0.4, 0.5) is 0 Å². The number of amides is 1. The van der Waals surface area contributed by atoms with Crippen molar-refractivity contribution in [2.24, 2.45) is 0 Å². The summed E-state index contributed by atoms with van der Waals surface area (Å²) in [5.41, 5.74) is 0. The summed E-state index contributed by atoms with van der Waals surface area (Å²) in [7, 11) is 0. The molecule has 0 bridgehead atoms. The van der Waals surface area contributed by atoms with Crippen LogP contribution >= 0.6 is 23.1 Å². The van der Waals surface area contributed by atoms with Crippen LogP contribution in [0.2, 0.25) is 0 Å². The molecule has 1 heterocycles. The monoisotopic (exact) mass is 319 g/mol. The fraction of sp³-hybridized carbons (Fsp3) is 0.250. The van der Waals surface area contributed by atoms with Gasteiger partial charge in [0.1, 0.15) is 0 Å². The molecule has 0 aliphatic carbocycles. The molecule has 0 aliphatic heterocycles. The summed E-state index contributed by atoms with van der Waals surface area (Å²) >= 11 is 3.12. The minimum Gasteiger partial charge on any atom is -0.355 e. The van der Waals surface area contributed by atoms with E-state index in [1.54, 1.807) is 17.8 Å². The Morgan fingerprint density at radius 3 is 2.57 bits per heavy atom. The minimum absolute atomic E-state index is 0.0406. The lowest BCUT2D eigenvalue weighted by Crippen LogP contribution is -2.26. The highest BCUT2D eigenvalue weighted by atomic mass is 32.2. The Morgan fingerprint density at radius 1 is 1.05 bits per heavy atom. The number of Topliss-reactive ketones (excluding diaryl/α,β-unsaturated/α-hetero) is 1. The van der Waals surface area contributed by atoms with Crippen molar-refractivity contribution in [2.75, 3.05) is 12.3 Å². The molecule has 3 nitrogen and oxygen atoms in total. The van der Waals surface area contributed by atoms with Gasteiger partial charge in [-0.15, -0.1) is 23.1 Å². The van der Waals surface area contributed by atoms with Crippen molar-refractivity contribution in [3.05, 3.63) is 52.7 Å². The molecule has 1 N–H and O–H groups in total. The standard InChI is InChI=1S/C16H17NO2S2/c18-14(15-7-4-11-21-15)8-9-16(19)17-10-12-20-13-5-2-1-3-6-13/h1-7,11H,8-10,12H2,(H,17,19). The molecule has 0 unspecified atom stereocenters. The summed E-state index contributed by atoms with van der Waals surface area (Å²) in [5.74, 6) is 0.807. The van der Waals surface area contributed by atoms with Crippen LogP contribution in [0.25, 0.3) is 0 Å². The molecule has 21 heavy (non-hydrogen) atoms. The summed E-state index contributed by atoms with van der Waals surface area (Å²) in [6, 6.07) is 13.7. The molecule has 1 aromatic heterocycles. The van der Waals surface area contributed by atoms with Crippen molar-refractivity contribution in [1.29, 1.82) is 0 Å². The van der Waals surface area contributed by atoms with Gasteiger partial charge in [-0.1, -0.05) is 24.3 Å². The zero-order valence-corrected chi connectivity index (χ0v) is 13.2. The molecule has 110 valence electrons. The van der Waals surface area contributed by atoms with Crippen LogP contribution in [0, 0.1) is 0 Å². The summed E-state index contributed by atoms with van der Waals surface area (Å²) < 4.78 is 0. The van der Waals surface area contributed by atoms with E-state index in [1.807, 2.05) is 41.8 Å². The molecule has 0 fully saturated rings. The van der Waals surface area contributed by atoms with Crippen LogP contribution in [-0.4, -0.2) is 24.0 Å². The number of thiophene rings is 1. The van der Waals surface area contributed by atoms with Gasteiger partial charge in [-0.2, -0.15) is 0 Å². The molecule has 2 aromatic rings. The minimum atomic E-state index is -0.0615. The number of hydrogen-bond acceptors (Lipinski definition) is 4. The second-order valence-corrected chi connectivity index (χ2v) is 6.53. The SMILES string of the molecule is O=C(CCC(=O)c1cccs1)NCCSc1ccccc1. The van der Waals surface area contributed by atoms with E-state index < -0.39 is 0 Å². The predicted molar refractivity (Wildman–Crippen MR) is 88.1 cm³/mol. The third kappa shape index (κ3) is 5.73. The van der Waals surface area contributed by atoms with E-state index in [1.165, 1.54) is 16.2 Å². The fourth-order valence-corrected chi connectivity index (χ4v) is 3.24. The summed E-state index contributed by atoms with van der Waals surface area (Å²) in [5, 5.41) is 4.71. The van der Waals surface area contributed by atoms with E-state index in [2.05, 4.69) is 5.32 Å². The van der Waals surface area contributed by atoms with Crippen molar-refractivity contribution < 1.29 is 9.59 Å². The molecule has 0 aliphatic rings. The molecule has 1 amide bonds. The lowest BCUT2D eigenvalue weighted by atomic mass is 10.2. The molecule has 0 saturated carbocycles. The molecule has 0 spiro atoms. The van der Waals surface area contributed by atoms with E-state index >= 15 is 0 Å². The van der Waals surface area contributed by atoms with Crippen LogP contribution < -0.4 is 5.32 Å². The smallest absolute Gasteiger partial charge is 0.220 e.